The molecule has 0 aliphatic carbocycles. The van der Waals surface area contributed by atoms with Crippen molar-refractivity contribution in [3.8, 4) is 11.5 Å². The molecule has 0 amide bonds. The topological polar surface area (TPSA) is 46.5 Å². The Labute approximate surface area is 189 Å². The summed E-state index contributed by atoms with van der Waals surface area (Å²) in [4.78, 5) is 12.5. The first kappa shape index (κ1) is 18.7. The van der Waals surface area contributed by atoms with E-state index >= 15 is 0 Å². The maximum atomic E-state index is 12.5. The Morgan fingerprint density at radius 2 is 1.24 bits per heavy atom. The summed E-state index contributed by atoms with van der Waals surface area (Å²) in [5, 5.41) is 9.25. The number of carbonyl (C=O) groups is 1. The molecule has 8 heteroatoms. The molecule has 0 bridgehead atoms. The number of carbonyl (C=O) groups excluding carboxylic acids is 1. The maximum Gasteiger partial charge on any atom is 0.345 e. The molecule has 0 atom stereocenters. The second-order valence-corrected chi connectivity index (χ2v) is 9.22. The predicted octanol–water partition coefficient (Wildman–Crippen LogP) is 5.63. The van der Waals surface area contributed by atoms with E-state index in [1.165, 1.54) is 12.1 Å². The summed E-state index contributed by atoms with van der Waals surface area (Å²) in [5.74, 6) is 0.159. The van der Waals surface area contributed by atoms with Gasteiger partial charge in [0.15, 0.2) is 0 Å². The lowest BCUT2D eigenvalue weighted by Crippen LogP contribution is -2.15. The number of benzene rings is 2. The third-order valence-electron chi connectivity index (χ3n) is 2.46. The van der Waals surface area contributed by atoms with Gasteiger partial charge in [-0.15, -0.1) is 0 Å². The molecule has 1 N–H and O–H groups in total. The van der Waals surface area contributed by atoms with Gasteiger partial charge in [0.2, 0.25) is 0 Å². The number of aromatic hydroxyl groups is 1. The Balaban J connectivity index is 2.42. The third-order valence-corrected chi connectivity index (χ3v) is 12.0. The van der Waals surface area contributed by atoms with Crippen LogP contribution in [0, 0.1) is 17.9 Å². The quantitative estimate of drug-likeness (QED) is 0.140. The number of hydrogen-bond acceptors (Lipinski definition) is 3. The van der Waals surface area contributed by atoms with Crippen molar-refractivity contribution >= 4 is 119 Å². The number of phenols is 1. The van der Waals surface area contributed by atoms with Crippen molar-refractivity contribution in [1.82, 2.24) is 0 Å². The summed E-state index contributed by atoms with van der Waals surface area (Å²) < 4.78 is 10.4. The summed E-state index contributed by atoms with van der Waals surface area (Å²) in [5.41, 5.74) is 0.582. The van der Waals surface area contributed by atoms with Gasteiger partial charge < -0.3 is 9.84 Å². The van der Waals surface area contributed by atoms with E-state index in [1.54, 1.807) is 12.1 Å². The zero-order valence-corrected chi connectivity index (χ0v) is 20.8. The second kappa shape index (κ2) is 7.96. The Morgan fingerprint density at radius 3 is 1.71 bits per heavy atom. The summed E-state index contributed by atoms with van der Waals surface area (Å²) in [6.45, 7) is 0. The van der Waals surface area contributed by atoms with Crippen molar-refractivity contribution in [2.45, 2.75) is 0 Å². The Morgan fingerprint density at radius 1 is 0.810 bits per heavy atom. The van der Waals surface area contributed by atoms with Crippen molar-refractivity contribution in [3.63, 3.8) is 0 Å². The van der Waals surface area contributed by atoms with Gasteiger partial charge in [-0.25, -0.2) is 4.79 Å². The molecule has 0 radical (unpaired) electrons. The minimum Gasteiger partial charge on any atom is -0.508 e. The fourth-order valence-corrected chi connectivity index (χ4v) is 6.66. The van der Waals surface area contributed by atoms with Crippen molar-refractivity contribution in [1.29, 1.82) is 0 Å². The zero-order chi connectivity index (χ0) is 15.7. The molecule has 0 aromatic heterocycles. The van der Waals surface area contributed by atoms with E-state index in [2.05, 4.69) is 113 Å². The van der Waals surface area contributed by atoms with Gasteiger partial charge in [-0.05, 0) is 137 Å². The van der Waals surface area contributed by atoms with Gasteiger partial charge >= 0.3 is 5.97 Å². The first-order valence-electron chi connectivity index (χ1n) is 5.35. The Bertz CT molecular complexity index is 684. The highest BCUT2D eigenvalue weighted by Crippen LogP contribution is 2.34. The van der Waals surface area contributed by atoms with Crippen molar-refractivity contribution in [2.24, 2.45) is 0 Å². The monoisotopic (exact) mass is 844 g/mol. The lowest BCUT2D eigenvalue weighted by atomic mass is 10.2. The largest absolute Gasteiger partial charge is 0.508 e. The molecular weight excluding hydrogens is 839 g/mol. The van der Waals surface area contributed by atoms with E-state index in [9.17, 15) is 9.90 Å². The number of halogens is 5. The highest BCUT2D eigenvalue weighted by Gasteiger charge is 2.23. The summed E-state index contributed by atoms with van der Waals surface area (Å²) >= 11 is 11.1. The van der Waals surface area contributed by atoms with Crippen molar-refractivity contribution in [3.05, 3.63) is 47.7 Å². The molecule has 0 heterocycles. The van der Waals surface area contributed by atoms with Crippen molar-refractivity contribution < 1.29 is 14.6 Å². The zero-order valence-electron chi connectivity index (χ0n) is 9.96. The van der Waals surface area contributed by atoms with Crippen LogP contribution < -0.4 is 4.74 Å². The molecule has 0 aliphatic heterocycles. The average molecular weight is 844 g/mol. The van der Waals surface area contributed by atoms with Crippen LogP contribution in [0.15, 0.2) is 24.3 Å². The van der Waals surface area contributed by atoms with Gasteiger partial charge in [-0.1, -0.05) is 0 Å². The third kappa shape index (κ3) is 4.26. The SMILES string of the molecule is O=C(Oc1ccc(O)cc1)c1c(I)c(I)c(I)c(I)c1I. The van der Waals surface area contributed by atoms with Crippen LogP contribution in [-0.2, 0) is 0 Å². The lowest BCUT2D eigenvalue weighted by molar-refractivity contribution is 0.0732. The van der Waals surface area contributed by atoms with Gasteiger partial charge in [0.25, 0.3) is 0 Å². The Hall–Kier alpha value is 1.36. The minimum absolute atomic E-state index is 0.136. The van der Waals surface area contributed by atoms with E-state index in [0.717, 1.165) is 17.9 Å². The molecule has 21 heavy (non-hydrogen) atoms. The smallest absolute Gasteiger partial charge is 0.345 e. The number of hydrogen-bond donors (Lipinski definition) is 1. The van der Waals surface area contributed by atoms with E-state index in [1.807, 2.05) is 0 Å². The van der Waals surface area contributed by atoms with Gasteiger partial charge in [-0.3, -0.25) is 0 Å². The molecular formula is C13H5I5O3. The van der Waals surface area contributed by atoms with Crippen LogP contribution in [0.1, 0.15) is 10.4 Å². The predicted molar refractivity (Wildman–Crippen MR) is 123 cm³/mol. The summed E-state index contributed by atoms with van der Waals surface area (Å²) in [7, 11) is 0. The molecule has 0 unspecified atom stereocenters. The molecule has 0 saturated carbocycles. The van der Waals surface area contributed by atoms with Crippen LogP contribution in [0.2, 0.25) is 0 Å². The molecule has 0 fully saturated rings. The van der Waals surface area contributed by atoms with Gasteiger partial charge in [0.1, 0.15) is 11.5 Å². The maximum absolute atomic E-state index is 12.5. The van der Waals surface area contributed by atoms with Crippen LogP contribution in [-0.4, -0.2) is 11.1 Å². The molecule has 2 rings (SSSR count). The molecule has 2 aromatic rings. The van der Waals surface area contributed by atoms with E-state index in [0.29, 0.717) is 11.3 Å². The van der Waals surface area contributed by atoms with E-state index in [-0.39, 0.29) is 11.7 Å². The molecule has 0 aliphatic rings. The fourth-order valence-electron chi connectivity index (χ4n) is 1.46. The molecule has 110 valence electrons. The number of ether oxygens (including phenoxy) is 1. The number of phenolic OH excluding ortho intramolecular Hbond substituents is 1. The van der Waals surface area contributed by atoms with Crippen molar-refractivity contribution in [2.75, 3.05) is 0 Å². The fraction of sp³-hybridized carbons (Fsp3) is 0. The first-order chi connectivity index (χ1) is 9.82. The van der Waals surface area contributed by atoms with Gasteiger partial charge in [0, 0.05) is 17.9 Å². The normalized spacial score (nSPS) is 10.5. The number of esters is 1. The van der Waals surface area contributed by atoms with E-state index in [4.69, 9.17) is 4.74 Å². The first-order valence-corrected chi connectivity index (χ1v) is 10.7. The van der Waals surface area contributed by atoms with Crippen LogP contribution >= 0.6 is 113 Å². The van der Waals surface area contributed by atoms with E-state index < -0.39 is 0 Å². The molecule has 0 saturated heterocycles. The summed E-state index contributed by atoms with van der Waals surface area (Å²) in [6.07, 6.45) is 0. The Kier molecular flexibility index (Phi) is 7.08. The minimum atomic E-state index is -0.387. The van der Waals surface area contributed by atoms with Gasteiger partial charge in [0.05, 0.1) is 5.56 Å². The molecule has 3 nitrogen and oxygen atoms in total. The second-order valence-electron chi connectivity index (χ2n) is 3.83. The van der Waals surface area contributed by atoms with Crippen LogP contribution in [0.5, 0.6) is 11.5 Å². The summed E-state index contributed by atoms with van der Waals surface area (Å²) in [6, 6.07) is 6.10. The van der Waals surface area contributed by atoms with Crippen LogP contribution in [0.3, 0.4) is 0 Å². The lowest BCUT2D eigenvalue weighted by Gasteiger charge is -2.13. The standard InChI is InChI=1S/C13H5I5O3/c14-8-7(9(15)11(17)12(18)10(8)16)13(20)21-6-3-1-5(19)2-4-6/h1-4,19H. The molecule has 0 spiro atoms. The van der Waals surface area contributed by atoms with Crippen LogP contribution in [0.25, 0.3) is 0 Å². The highest BCUT2D eigenvalue weighted by molar-refractivity contribution is 14.1. The van der Waals surface area contributed by atoms with Gasteiger partial charge in [-0.2, -0.15) is 0 Å². The van der Waals surface area contributed by atoms with Crippen LogP contribution in [0.4, 0.5) is 0 Å². The highest BCUT2D eigenvalue weighted by atomic mass is 127. The average Bonchev–Trinajstić information content (AvgIpc) is 2.46. The molecule has 2 aromatic carbocycles. The number of rotatable bonds is 2.